The van der Waals surface area contributed by atoms with Crippen LogP contribution in [0.5, 0.6) is 0 Å². The summed E-state index contributed by atoms with van der Waals surface area (Å²) in [6.07, 6.45) is 10.8. The summed E-state index contributed by atoms with van der Waals surface area (Å²) >= 11 is 0. The van der Waals surface area contributed by atoms with Crippen LogP contribution in [0.25, 0.3) is 0 Å². The van der Waals surface area contributed by atoms with Crippen LogP contribution in [-0.4, -0.2) is 12.6 Å². The fraction of sp³-hybridized carbons (Fsp3) is 0.812. The number of rotatable bonds is 10. The lowest BCUT2D eigenvalue weighted by Crippen LogP contribution is -2.10. The maximum atomic E-state index is 11.6. The van der Waals surface area contributed by atoms with E-state index >= 15 is 0 Å². The summed E-state index contributed by atoms with van der Waals surface area (Å²) in [6, 6.07) is 0. The van der Waals surface area contributed by atoms with Gasteiger partial charge in [-0.15, -0.1) is 0 Å². The average molecular weight is 254 g/mol. The maximum Gasteiger partial charge on any atom is 0.333 e. The molecule has 0 aliphatic rings. The molecule has 0 unspecified atom stereocenters. The Morgan fingerprint density at radius 1 is 1.11 bits per heavy atom. The van der Waals surface area contributed by atoms with Crippen molar-refractivity contribution in [2.75, 3.05) is 6.61 Å². The van der Waals surface area contributed by atoms with E-state index in [-0.39, 0.29) is 5.97 Å². The van der Waals surface area contributed by atoms with E-state index in [1.807, 2.05) is 26.8 Å². The molecule has 0 atom stereocenters. The molecular weight excluding hydrogens is 224 g/mol. The fourth-order valence-electron chi connectivity index (χ4n) is 1.68. The molecule has 0 aliphatic heterocycles. The molecule has 18 heavy (non-hydrogen) atoms. The number of ether oxygens (including phenoxy) is 1. The molecule has 0 saturated carbocycles. The molecule has 0 spiro atoms. The molecule has 0 fully saturated rings. The highest BCUT2D eigenvalue weighted by Gasteiger charge is 2.05. The zero-order valence-corrected chi connectivity index (χ0v) is 12.6. The van der Waals surface area contributed by atoms with Crippen molar-refractivity contribution < 1.29 is 9.53 Å². The molecule has 0 aromatic carbocycles. The van der Waals surface area contributed by atoms with E-state index in [2.05, 4.69) is 6.92 Å². The number of carbonyl (C=O) groups excluding carboxylic acids is 1. The van der Waals surface area contributed by atoms with Crippen LogP contribution < -0.4 is 0 Å². The maximum absolute atomic E-state index is 11.6. The molecule has 0 heterocycles. The van der Waals surface area contributed by atoms with Crippen molar-refractivity contribution in [2.24, 2.45) is 5.92 Å². The normalized spacial score (nSPS) is 11.9. The zero-order chi connectivity index (χ0) is 13.8. The first-order chi connectivity index (χ1) is 8.57. The number of hydrogen-bond donors (Lipinski definition) is 0. The van der Waals surface area contributed by atoms with E-state index < -0.39 is 0 Å². The summed E-state index contributed by atoms with van der Waals surface area (Å²) < 4.78 is 5.17. The lowest BCUT2D eigenvalue weighted by molar-refractivity contribution is -0.140. The van der Waals surface area contributed by atoms with Crippen molar-refractivity contribution in [3.05, 3.63) is 11.6 Å². The van der Waals surface area contributed by atoms with Gasteiger partial charge in [-0.3, -0.25) is 0 Å². The van der Waals surface area contributed by atoms with Crippen molar-refractivity contribution >= 4 is 5.97 Å². The van der Waals surface area contributed by atoms with Crippen molar-refractivity contribution in [1.82, 2.24) is 0 Å². The summed E-state index contributed by atoms with van der Waals surface area (Å²) in [5.41, 5.74) is 0.754. The topological polar surface area (TPSA) is 26.3 Å². The van der Waals surface area contributed by atoms with Crippen molar-refractivity contribution in [3.8, 4) is 0 Å². The van der Waals surface area contributed by atoms with Gasteiger partial charge < -0.3 is 4.74 Å². The van der Waals surface area contributed by atoms with Gasteiger partial charge in [0, 0.05) is 5.57 Å². The summed E-state index contributed by atoms with van der Waals surface area (Å²) in [4.78, 5) is 11.6. The Morgan fingerprint density at radius 3 is 2.33 bits per heavy atom. The van der Waals surface area contributed by atoms with E-state index in [0.29, 0.717) is 12.5 Å². The minimum Gasteiger partial charge on any atom is -0.462 e. The molecule has 0 aliphatic carbocycles. The van der Waals surface area contributed by atoms with Crippen LogP contribution in [-0.2, 0) is 9.53 Å². The molecule has 0 N–H and O–H groups in total. The van der Waals surface area contributed by atoms with Gasteiger partial charge in [-0.1, -0.05) is 59.0 Å². The number of allylic oxidation sites excluding steroid dienone is 1. The van der Waals surface area contributed by atoms with E-state index in [0.717, 1.165) is 12.0 Å². The summed E-state index contributed by atoms with van der Waals surface area (Å²) in [5, 5.41) is 0. The third-order valence-electron chi connectivity index (χ3n) is 2.88. The largest absolute Gasteiger partial charge is 0.462 e. The van der Waals surface area contributed by atoms with E-state index in [1.54, 1.807) is 0 Å². The van der Waals surface area contributed by atoms with Crippen LogP contribution >= 0.6 is 0 Å². The third kappa shape index (κ3) is 10.4. The second-order valence-electron chi connectivity index (χ2n) is 5.44. The molecule has 0 bridgehead atoms. The van der Waals surface area contributed by atoms with Crippen LogP contribution in [0, 0.1) is 5.92 Å². The van der Waals surface area contributed by atoms with Crippen LogP contribution in [0.4, 0.5) is 0 Å². The van der Waals surface area contributed by atoms with Gasteiger partial charge in [0.15, 0.2) is 0 Å². The quantitative estimate of drug-likeness (QED) is 0.315. The number of unbranched alkanes of at least 4 members (excludes halogenated alkanes) is 6. The molecule has 0 radical (unpaired) electrons. The fourth-order valence-corrected chi connectivity index (χ4v) is 1.68. The van der Waals surface area contributed by atoms with Crippen molar-refractivity contribution in [2.45, 2.75) is 72.6 Å². The van der Waals surface area contributed by atoms with Gasteiger partial charge in [-0.25, -0.2) is 4.79 Å². The average Bonchev–Trinajstić information content (AvgIpc) is 2.34. The Kier molecular flexibility index (Phi) is 10.8. The second-order valence-corrected chi connectivity index (χ2v) is 5.44. The first kappa shape index (κ1) is 17.2. The molecule has 0 amide bonds. The van der Waals surface area contributed by atoms with Gasteiger partial charge in [0.2, 0.25) is 0 Å². The third-order valence-corrected chi connectivity index (χ3v) is 2.88. The standard InChI is InChI=1S/C16H30O2/c1-5-6-7-8-9-10-11-12-15(4)16(17)18-13-14(2)3/h12,14H,5-11,13H2,1-4H3. The van der Waals surface area contributed by atoms with Gasteiger partial charge in [0.1, 0.15) is 0 Å². The Bertz CT molecular complexity index is 241. The molecular formula is C16H30O2. The summed E-state index contributed by atoms with van der Waals surface area (Å²) in [7, 11) is 0. The first-order valence-electron chi connectivity index (χ1n) is 7.41. The van der Waals surface area contributed by atoms with Gasteiger partial charge in [0.25, 0.3) is 0 Å². The van der Waals surface area contributed by atoms with Crippen LogP contribution in [0.1, 0.15) is 72.6 Å². The minimum absolute atomic E-state index is 0.158. The lowest BCUT2D eigenvalue weighted by Gasteiger charge is -2.07. The molecule has 106 valence electrons. The smallest absolute Gasteiger partial charge is 0.333 e. The van der Waals surface area contributed by atoms with Crippen molar-refractivity contribution in [1.29, 1.82) is 0 Å². The Labute approximate surface area is 113 Å². The van der Waals surface area contributed by atoms with Crippen molar-refractivity contribution in [3.63, 3.8) is 0 Å². The summed E-state index contributed by atoms with van der Waals surface area (Å²) in [6.45, 7) is 8.68. The highest BCUT2D eigenvalue weighted by Crippen LogP contribution is 2.09. The Hall–Kier alpha value is -0.790. The lowest BCUT2D eigenvalue weighted by atomic mass is 10.1. The van der Waals surface area contributed by atoms with Crippen LogP contribution in [0.2, 0.25) is 0 Å². The summed E-state index contributed by atoms with van der Waals surface area (Å²) in [5.74, 6) is 0.245. The van der Waals surface area contributed by atoms with Gasteiger partial charge in [-0.05, 0) is 25.7 Å². The molecule has 2 heteroatoms. The van der Waals surface area contributed by atoms with Crippen LogP contribution in [0.3, 0.4) is 0 Å². The monoisotopic (exact) mass is 254 g/mol. The van der Waals surface area contributed by atoms with Gasteiger partial charge in [0.05, 0.1) is 6.61 Å². The van der Waals surface area contributed by atoms with E-state index in [1.165, 1.54) is 38.5 Å². The number of hydrogen-bond acceptors (Lipinski definition) is 2. The minimum atomic E-state index is -0.158. The highest BCUT2D eigenvalue weighted by atomic mass is 16.5. The molecule has 0 aromatic rings. The van der Waals surface area contributed by atoms with Gasteiger partial charge in [-0.2, -0.15) is 0 Å². The molecule has 0 saturated heterocycles. The SMILES string of the molecule is CCCCCCCCC=C(C)C(=O)OCC(C)C. The zero-order valence-electron chi connectivity index (χ0n) is 12.6. The Morgan fingerprint density at radius 2 is 1.72 bits per heavy atom. The Balaban J connectivity index is 3.60. The number of carbonyl (C=O) groups is 1. The van der Waals surface area contributed by atoms with E-state index in [9.17, 15) is 4.79 Å². The van der Waals surface area contributed by atoms with Gasteiger partial charge >= 0.3 is 5.97 Å². The predicted octanol–water partition coefficient (Wildman–Crippen LogP) is 4.88. The molecule has 0 rings (SSSR count). The molecule has 0 aromatic heterocycles. The number of esters is 1. The van der Waals surface area contributed by atoms with Crippen LogP contribution in [0.15, 0.2) is 11.6 Å². The molecule has 2 nitrogen and oxygen atoms in total. The predicted molar refractivity (Wildman–Crippen MR) is 77.5 cm³/mol. The first-order valence-corrected chi connectivity index (χ1v) is 7.41. The second kappa shape index (κ2) is 11.3. The van der Waals surface area contributed by atoms with E-state index in [4.69, 9.17) is 4.74 Å². The highest BCUT2D eigenvalue weighted by molar-refractivity contribution is 5.87.